The molecule has 1 aliphatic heterocycles. The molecule has 1 unspecified atom stereocenters. The molecule has 158 valence electrons. The molecule has 2 saturated carbocycles. The molecule has 3 aliphatic rings. The number of hydrogen-bond donors (Lipinski definition) is 1. The first-order valence-corrected chi connectivity index (χ1v) is 11.5. The van der Waals surface area contributed by atoms with Crippen molar-refractivity contribution in [3.63, 3.8) is 0 Å². The molecule has 1 aromatic carbocycles. The first-order valence-electron chi connectivity index (χ1n) is 11.5. The van der Waals surface area contributed by atoms with Crippen LogP contribution >= 0.6 is 0 Å². The summed E-state index contributed by atoms with van der Waals surface area (Å²) in [6.45, 7) is 7.48. The number of nitrogens with zero attached hydrogens (tertiary/aromatic N) is 2. The maximum absolute atomic E-state index is 13.3. The van der Waals surface area contributed by atoms with Crippen molar-refractivity contribution < 1.29 is 9.59 Å². The van der Waals surface area contributed by atoms with Crippen molar-refractivity contribution in [2.24, 2.45) is 11.8 Å². The lowest BCUT2D eigenvalue weighted by molar-refractivity contribution is -0.135. The molecule has 5 nitrogen and oxygen atoms in total. The van der Waals surface area contributed by atoms with Gasteiger partial charge in [0.05, 0.1) is 6.04 Å². The standard InChI is InChI=1S/C24H35N3O2/c1-17(2)18-9-11-21(12-10-18)25-23(28)22(19-5-3-4-6-19)26-13-15-27(16-14-26)24(29)20-7-8-20/h9-12,17,19-20,22H,3-8,13-16H2,1-2H3,(H,25,28). The molecule has 4 rings (SSSR count). The molecule has 1 heterocycles. The Morgan fingerprint density at radius 1 is 0.931 bits per heavy atom. The monoisotopic (exact) mass is 397 g/mol. The van der Waals surface area contributed by atoms with Crippen LogP contribution in [-0.4, -0.2) is 53.8 Å². The number of carbonyl (C=O) groups excluding carboxylic acids is 2. The Hall–Kier alpha value is -1.88. The fourth-order valence-electron chi connectivity index (χ4n) is 4.93. The lowest BCUT2D eigenvalue weighted by atomic mass is 9.94. The van der Waals surface area contributed by atoms with Gasteiger partial charge in [-0.2, -0.15) is 0 Å². The van der Waals surface area contributed by atoms with Gasteiger partial charge in [0.1, 0.15) is 0 Å². The SMILES string of the molecule is CC(C)c1ccc(NC(=O)C(C2CCCC2)N2CCN(C(=O)C3CC3)CC2)cc1. The average Bonchev–Trinajstić information content (AvgIpc) is 3.44. The fraction of sp³-hybridized carbons (Fsp3) is 0.667. The van der Waals surface area contributed by atoms with E-state index >= 15 is 0 Å². The Kier molecular flexibility index (Phi) is 6.23. The van der Waals surface area contributed by atoms with Crippen LogP contribution in [0, 0.1) is 11.8 Å². The van der Waals surface area contributed by atoms with Gasteiger partial charge in [-0.1, -0.05) is 38.8 Å². The number of rotatable bonds is 6. The van der Waals surface area contributed by atoms with Crippen LogP contribution in [0.15, 0.2) is 24.3 Å². The van der Waals surface area contributed by atoms with E-state index in [4.69, 9.17) is 0 Å². The van der Waals surface area contributed by atoms with Crippen LogP contribution in [0.25, 0.3) is 0 Å². The van der Waals surface area contributed by atoms with Crippen molar-refractivity contribution in [3.8, 4) is 0 Å². The predicted octanol–water partition coefficient (Wildman–Crippen LogP) is 3.86. The molecule has 0 spiro atoms. The molecule has 1 saturated heterocycles. The first kappa shape index (κ1) is 20.4. The van der Waals surface area contributed by atoms with E-state index in [-0.39, 0.29) is 17.9 Å². The Labute approximate surface area is 174 Å². The van der Waals surface area contributed by atoms with Gasteiger partial charge in [-0.05, 0) is 55.2 Å². The number of anilines is 1. The van der Waals surface area contributed by atoms with Crippen LogP contribution in [-0.2, 0) is 9.59 Å². The summed E-state index contributed by atoms with van der Waals surface area (Å²) in [4.78, 5) is 30.0. The summed E-state index contributed by atoms with van der Waals surface area (Å²) < 4.78 is 0. The van der Waals surface area contributed by atoms with E-state index in [0.717, 1.165) is 57.5 Å². The van der Waals surface area contributed by atoms with Gasteiger partial charge in [-0.25, -0.2) is 0 Å². The summed E-state index contributed by atoms with van der Waals surface area (Å²) >= 11 is 0. The number of hydrogen-bond acceptors (Lipinski definition) is 3. The Bertz CT molecular complexity index is 712. The van der Waals surface area contributed by atoms with Crippen molar-refractivity contribution in [1.82, 2.24) is 9.80 Å². The number of nitrogens with one attached hydrogen (secondary N) is 1. The molecule has 0 aromatic heterocycles. The smallest absolute Gasteiger partial charge is 0.242 e. The highest BCUT2D eigenvalue weighted by molar-refractivity contribution is 5.95. The van der Waals surface area contributed by atoms with E-state index in [1.807, 2.05) is 17.0 Å². The summed E-state index contributed by atoms with van der Waals surface area (Å²) in [5.74, 6) is 1.65. The number of carbonyl (C=O) groups is 2. The van der Waals surface area contributed by atoms with E-state index in [0.29, 0.717) is 17.7 Å². The van der Waals surface area contributed by atoms with Crippen LogP contribution in [0.2, 0.25) is 0 Å². The summed E-state index contributed by atoms with van der Waals surface area (Å²) in [6.07, 6.45) is 6.82. The lowest BCUT2D eigenvalue weighted by Gasteiger charge is -2.40. The zero-order valence-corrected chi connectivity index (χ0v) is 17.9. The zero-order chi connectivity index (χ0) is 20.4. The minimum Gasteiger partial charge on any atom is -0.340 e. The normalized spacial score (nSPS) is 22.1. The highest BCUT2D eigenvalue weighted by Gasteiger charge is 2.39. The molecule has 29 heavy (non-hydrogen) atoms. The number of amides is 2. The van der Waals surface area contributed by atoms with E-state index in [2.05, 4.69) is 36.2 Å². The van der Waals surface area contributed by atoms with Crippen molar-refractivity contribution in [2.45, 2.75) is 64.3 Å². The third kappa shape index (κ3) is 4.82. The van der Waals surface area contributed by atoms with Crippen molar-refractivity contribution in [3.05, 3.63) is 29.8 Å². The first-order chi connectivity index (χ1) is 14.0. The minimum absolute atomic E-state index is 0.0829. The van der Waals surface area contributed by atoms with Gasteiger partial charge in [-0.3, -0.25) is 14.5 Å². The molecule has 1 N–H and O–H groups in total. The van der Waals surface area contributed by atoms with E-state index < -0.39 is 0 Å². The second kappa shape index (κ2) is 8.86. The molecular weight excluding hydrogens is 362 g/mol. The van der Waals surface area contributed by atoms with Crippen LogP contribution in [0.1, 0.15) is 63.9 Å². The highest BCUT2D eigenvalue weighted by Crippen LogP contribution is 2.33. The maximum atomic E-state index is 13.3. The third-order valence-corrected chi connectivity index (χ3v) is 6.91. The Balaban J connectivity index is 1.41. The molecule has 2 amide bonds. The van der Waals surface area contributed by atoms with Gasteiger partial charge >= 0.3 is 0 Å². The topological polar surface area (TPSA) is 52.7 Å². The molecule has 0 radical (unpaired) electrons. The summed E-state index contributed by atoms with van der Waals surface area (Å²) in [6, 6.07) is 8.16. The van der Waals surface area contributed by atoms with E-state index in [9.17, 15) is 9.59 Å². The second-order valence-corrected chi connectivity index (χ2v) is 9.39. The molecule has 1 aromatic rings. The van der Waals surface area contributed by atoms with Crippen molar-refractivity contribution in [1.29, 1.82) is 0 Å². The van der Waals surface area contributed by atoms with Gasteiger partial charge in [0.15, 0.2) is 0 Å². The third-order valence-electron chi connectivity index (χ3n) is 6.91. The summed E-state index contributed by atoms with van der Waals surface area (Å²) in [7, 11) is 0. The summed E-state index contributed by atoms with van der Waals surface area (Å²) in [5.41, 5.74) is 2.16. The van der Waals surface area contributed by atoms with Crippen LogP contribution in [0.5, 0.6) is 0 Å². The number of benzene rings is 1. The number of piperazine rings is 1. The molecule has 5 heteroatoms. The van der Waals surface area contributed by atoms with Gasteiger partial charge in [-0.15, -0.1) is 0 Å². The maximum Gasteiger partial charge on any atom is 0.242 e. The molecular formula is C24H35N3O2. The van der Waals surface area contributed by atoms with Crippen molar-refractivity contribution >= 4 is 17.5 Å². The van der Waals surface area contributed by atoms with Gasteiger partial charge < -0.3 is 10.2 Å². The quantitative estimate of drug-likeness (QED) is 0.793. The minimum atomic E-state index is -0.0829. The van der Waals surface area contributed by atoms with Gasteiger partial charge in [0.25, 0.3) is 0 Å². The highest BCUT2D eigenvalue weighted by atomic mass is 16.2. The lowest BCUT2D eigenvalue weighted by Crippen LogP contribution is -2.57. The second-order valence-electron chi connectivity index (χ2n) is 9.39. The van der Waals surface area contributed by atoms with E-state index in [1.165, 1.54) is 18.4 Å². The predicted molar refractivity (Wildman–Crippen MR) is 116 cm³/mol. The van der Waals surface area contributed by atoms with Gasteiger partial charge in [0, 0.05) is 37.8 Å². The average molecular weight is 398 g/mol. The molecule has 3 fully saturated rings. The van der Waals surface area contributed by atoms with Crippen LogP contribution < -0.4 is 5.32 Å². The Morgan fingerprint density at radius 3 is 2.10 bits per heavy atom. The fourth-order valence-corrected chi connectivity index (χ4v) is 4.93. The van der Waals surface area contributed by atoms with Crippen molar-refractivity contribution in [2.75, 3.05) is 31.5 Å². The zero-order valence-electron chi connectivity index (χ0n) is 17.9. The Morgan fingerprint density at radius 2 is 1.55 bits per heavy atom. The molecule has 2 aliphatic carbocycles. The van der Waals surface area contributed by atoms with Gasteiger partial charge in [0.2, 0.25) is 11.8 Å². The largest absolute Gasteiger partial charge is 0.340 e. The molecule has 0 bridgehead atoms. The van der Waals surface area contributed by atoms with Crippen LogP contribution in [0.4, 0.5) is 5.69 Å². The van der Waals surface area contributed by atoms with Crippen LogP contribution in [0.3, 0.4) is 0 Å². The molecule has 1 atom stereocenters. The van der Waals surface area contributed by atoms with E-state index in [1.54, 1.807) is 0 Å². The summed E-state index contributed by atoms with van der Waals surface area (Å²) in [5, 5.41) is 3.18.